The zero-order valence-electron chi connectivity index (χ0n) is 64.1. The van der Waals surface area contributed by atoms with E-state index in [-0.39, 0.29) is 96.0 Å². The van der Waals surface area contributed by atoms with Crippen molar-refractivity contribution in [1.82, 2.24) is 73.8 Å². The van der Waals surface area contributed by atoms with Crippen molar-refractivity contribution in [3.8, 4) is 5.75 Å². The summed E-state index contributed by atoms with van der Waals surface area (Å²) in [5.41, 5.74) is 31.1. The molecule has 0 spiro atoms. The van der Waals surface area contributed by atoms with E-state index in [1.807, 2.05) is 0 Å². The second kappa shape index (κ2) is 47.2. The Labute approximate surface area is 649 Å². The van der Waals surface area contributed by atoms with E-state index in [4.69, 9.17) is 28.7 Å². The minimum absolute atomic E-state index is 0.0240. The molecule has 0 unspecified atom stereocenters. The molecule has 2 heterocycles. The quantitative estimate of drug-likeness (QED) is 0.0173. The maximum absolute atomic E-state index is 14.9. The number of carbonyl (C=O) groups is 14. The summed E-state index contributed by atoms with van der Waals surface area (Å²) in [6.45, 7) is 6.47. The molecule has 5 aromatic rings. The van der Waals surface area contributed by atoms with Gasteiger partial charge in [-0.2, -0.15) is 0 Å². The van der Waals surface area contributed by atoms with Crippen LogP contribution in [0.5, 0.6) is 5.75 Å². The van der Waals surface area contributed by atoms with Gasteiger partial charge in [0.2, 0.25) is 82.7 Å². The van der Waals surface area contributed by atoms with Crippen LogP contribution in [-0.2, 0) is 86.4 Å². The SMILES string of the molecule is CC[C@H](C)[C@H](NC(=O)[C@@H](NC(=O)[C@H](Cc1c[nH]c2ccccc12)NC(=O)[C@@H](CCCN)NC(=O)CNC(=O)[C@H](CCCN)NC(=O)[C@@H](CCCN)NC(=O)[C@@H](Cc1c[nH]c2ccccc12)NC(=O)[C@@H](Cc1ccc(O)cc1)NC(=O)[C@@H](CO)NC(=O)CCCCCC(C)C)[C@@H](C)O)C(=O)N[C@@H](CC(N)=O)C(=O)NCC(N)=O. The number of hydrogen-bond donors (Lipinski definition) is 22. The number of amides is 14. The fourth-order valence-corrected chi connectivity index (χ4v) is 12.3. The largest absolute Gasteiger partial charge is 0.508 e. The first-order valence-electron chi connectivity index (χ1n) is 37.8. The van der Waals surface area contributed by atoms with Crippen LogP contribution in [0.2, 0.25) is 0 Å². The van der Waals surface area contributed by atoms with Crippen LogP contribution < -0.4 is 92.5 Å². The monoisotopic (exact) mass is 1560 g/mol. The summed E-state index contributed by atoms with van der Waals surface area (Å²) >= 11 is 0. The molecule has 36 heteroatoms. The van der Waals surface area contributed by atoms with E-state index in [0.29, 0.717) is 50.8 Å². The van der Waals surface area contributed by atoms with Gasteiger partial charge in [0.05, 0.1) is 32.2 Å². The number of nitrogens with two attached hydrogens (primary N) is 5. The lowest BCUT2D eigenvalue weighted by molar-refractivity contribution is -0.137. The number of H-pyrrole nitrogens is 2. The lowest BCUT2D eigenvalue weighted by Crippen LogP contribution is -2.62. The Bertz CT molecular complexity index is 3980. The smallest absolute Gasteiger partial charge is 0.245 e. The van der Waals surface area contributed by atoms with Crippen molar-refractivity contribution in [2.75, 3.05) is 39.3 Å². The van der Waals surface area contributed by atoms with E-state index in [1.54, 1.807) is 74.8 Å². The number of phenolic OH excluding ortho intramolecular Hbond substituents is 1. The molecule has 2 aromatic heterocycles. The van der Waals surface area contributed by atoms with Crippen molar-refractivity contribution in [2.45, 2.75) is 204 Å². The van der Waals surface area contributed by atoms with Gasteiger partial charge in [0.15, 0.2) is 0 Å². The molecule has 14 amide bonds. The highest BCUT2D eigenvalue weighted by molar-refractivity contribution is 6.01. The van der Waals surface area contributed by atoms with Crippen LogP contribution in [0.1, 0.15) is 135 Å². The molecule has 36 nitrogen and oxygen atoms in total. The molecule has 0 saturated heterocycles. The summed E-state index contributed by atoms with van der Waals surface area (Å²) in [4.78, 5) is 199. The van der Waals surface area contributed by atoms with E-state index < -0.39 is 181 Å². The first-order chi connectivity index (χ1) is 53.4. The van der Waals surface area contributed by atoms with E-state index in [0.717, 1.165) is 19.3 Å². The summed E-state index contributed by atoms with van der Waals surface area (Å²) in [5, 5.41) is 63.5. The number of benzene rings is 3. The van der Waals surface area contributed by atoms with Crippen LogP contribution in [0.25, 0.3) is 21.8 Å². The molecular weight excluding hydrogens is 1450 g/mol. The highest BCUT2D eigenvalue weighted by atomic mass is 16.3. The molecule has 5 rings (SSSR count). The van der Waals surface area contributed by atoms with Gasteiger partial charge in [-0.1, -0.05) is 102 Å². The Balaban J connectivity index is 1.36. The van der Waals surface area contributed by atoms with Crippen molar-refractivity contribution in [2.24, 2.45) is 40.5 Å². The normalized spacial score (nSPS) is 14.5. The standard InChI is InChI=1S/C76H113N19O17/c1-6-43(4)65(75(111)93-59(36-61(80)99)68(104)84-39-62(81)100)94-76(112)66(44(5)97)95-73(109)58(35-47-38-83-52-21-13-11-19-50(47)52)91-69(105)54(23-15-31-78)86-64(102)40-85-67(103)53(22-14-30-77)88-70(106)55(24-16-32-79)89-72(108)57(34-46-37-82-51-20-12-10-18-49(46)51)92-71(107)56(33-45-26-28-48(98)29-27-45)90-74(110)60(41-96)87-63(101)25-9-7-8-17-42(2)3/h10-13,18-21,26-29,37-38,42-44,53-60,65-66,82-83,96-98H,6-9,14-17,22-25,30-36,39-41,77-79H2,1-5H3,(H2,80,99)(H2,81,100)(H,84,104)(H,85,103)(H,86,102)(H,87,101)(H,88,106)(H,89,108)(H,90,110)(H,91,105)(H,92,107)(H,93,111)(H,94,112)(H,95,109)/t43-,44+,53-,54+,55+,56+,57+,58-,59-,60+,65-,66-/m0/s1. The number of aromatic amines is 2. The van der Waals surface area contributed by atoms with Crippen LogP contribution in [0.15, 0.2) is 85.2 Å². The number of hydrogen-bond acceptors (Lipinski definition) is 20. The summed E-state index contributed by atoms with van der Waals surface area (Å²) in [6.07, 6.45) is 3.88. The van der Waals surface area contributed by atoms with Gasteiger partial charge < -0.3 is 118 Å². The number of phenols is 1. The maximum Gasteiger partial charge on any atom is 0.245 e. The summed E-state index contributed by atoms with van der Waals surface area (Å²) in [7, 11) is 0. The van der Waals surface area contributed by atoms with E-state index in [9.17, 15) is 82.4 Å². The molecule has 0 saturated carbocycles. The second-order valence-corrected chi connectivity index (χ2v) is 28.2. The maximum atomic E-state index is 14.9. The Hall–Kier alpha value is -11.1. The lowest BCUT2D eigenvalue weighted by Gasteiger charge is -2.30. The number of rotatable bonds is 51. The number of aromatic nitrogens is 2. The number of primary amides is 2. The molecule has 0 aliphatic heterocycles. The highest BCUT2D eigenvalue weighted by Crippen LogP contribution is 2.23. The van der Waals surface area contributed by atoms with Crippen molar-refractivity contribution in [3.05, 3.63) is 102 Å². The molecule has 0 radical (unpaired) electrons. The van der Waals surface area contributed by atoms with Gasteiger partial charge in [0.1, 0.15) is 66.2 Å². The predicted molar refractivity (Wildman–Crippen MR) is 415 cm³/mol. The summed E-state index contributed by atoms with van der Waals surface area (Å²) in [5.74, 6) is -13.1. The van der Waals surface area contributed by atoms with Crippen LogP contribution in [-0.4, -0.2) is 214 Å². The molecule has 3 aromatic carbocycles. The number of aliphatic hydroxyl groups is 2. The van der Waals surface area contributed by atoms with Gasteiger partial charge in [-0.15, -0.1) is 0 Å². The van der Waals surface area contributed by atoms with E-state index >= 15 is 0 Å². The fraction of sp³-hybridized carbons (Fsp3) is 0.526. The van der Waals surface area contributed by atoms with Crippen LogP contribution in [0, 0.1) is 11.8 Å². The van der Waals surface area contributed by atoms with E-state index in [1.165, 1.54) is 31.2 Å². The number of aromatic hydroxyl groups is 1. The van der Waals surface area contributed by atoms with Crippen LogP contribution in [0.3, 0.4) is 0 Å². The number of carbonyl (C=O) groups excluding carboxylic acids is 14. The van der Waals surface area contributed by atoms with Crippen molar-refractivity contribution < 1.29 is 82.4 Å². The average molecular weight is 1560 g/mol. The second-order valence-electron chi connectivity index (χ2n) is 28.2. The summed E-state index contributed by atoms with van der Waals surface area (Å²) < 4.78 is 0. The molecular formula is C76H113N19O17. The topological polar surface area (TPSA) is 606 Å². The number of fused-ring (bicyclic) bond motifs is 2. The van der Waals surface area contributed by atoms with Gasteiger partial charge in [0, 0.05) is 59.9 Å². The molecule has 12 atom stereocenters. The third kappa shape index (κ3) is 30.3. The summed E-state index contributed by atoms with van der Waals surface area (Å²) in [6, 6.07) is 4.73. The fourth-order valence-electron chi connectivity index (χ4n) is 12.3. The molecule has 614 valence electrons. The Morgan fingerprint density at radius 3 is 1.32 bits per heavy atom. The van der Waals surface area contributed by atoms with Gasteiger partial charge >= 0.3 is 0 Å². The number of nitrogens with one attached hydrogen (secondary N) is 14. The van der Waals surface area contributed by atoms with Crippen LogP contribution >= 0.6 is 0 Å². The first-order valence-corrected chi connectivity index (χ1v) is 37.8. The van der Waals surface area contributed by atoms with Crippen LogP contribution in [0.4, 0.5) is 0 Å². The van der Waals surface area contributed by atoms with Crippen molar-refractivity contribution >= 4 is 105 Å². The zero-order chi connectivity index (χ0) is 82.6. The minimum Gasteiger partial charge on any atom is -0.508 e. The molecule has 0 aliphatic carbocycles. The van der Waals surface area contributed by atoms with Gasteiger partial charge in [-0.25, -0.2) is 0 Å². The molecule has 0 fully saturated rings. The number of unbranched alkanes of at least 4 members (excludes halogenated alkanes) is 2. The molecule has 112 heavy (non-hydrogen) atoms. The third-order valence-electron chi connectivity index (χ3n) is 18.8. The predicted octanol–water partition coefficient (Wildman–Crippen LogP) is -2.93. The molecule has 27 N–H and O–H groups in total. The Morgan fingerprint density at radius 2 is 0.839 bits per heavy atom. The lowest BCUT2D eigenvalue weighted by atomic mass is 9.96. The Kier molecular flexibility index (Phi) is 38.6. The highest BCUT2D eigenvalue weighted by Gasteiger charge is 2.38. The Morgan fingerprint density at radius 1 is 0.420 bits per heavy atom. The molecule has 0 bridgehead atoms. The first kappa shape index (κ1) is 91.5. The van der Waals surface area contributed by atoms with Crippen molar-refractivity contribution in [3.63, 3.8) is 0 Å². The number of para-hydroxylation sites is 2. The van der Waals surface area contributed by atoms with Crippen molar-refractivity contribution in [1.29, 1.82) is 0 Å². The zero-order valence-corrected chi connectivity index (χ0v) is 64.1. The molecule has 0 aliphatic rings. The minimum atomic E-state index is -1.82. The van der Waals surface area contributed by atoms with Gasteiger partial charge in [-0.3, -0.25) is 67.1 Å². The average Bonchev–Trinajstić information content (AvgIpc) is 1.59. The van der Waals surface area contributed by atoms with Gasteiger partial charge in [0.25, 0.3) is 0 Å². The van der Waals surface area contributed by atoms with Gasteiger partial charge in [-0.05, 0) is 124 Å². The number of aliphatic hydroxyl groups excluding tert-OH is 2. The van der Waals surface area contributed by atoms with E-state index in [2.05, 4.69) is 87.6 Å². The third-order valence-corrected chi connectivity index (χ3v) is 18.8.